The lowest BCUT2D eigenvalue weighted by Crippen LogP contribution is -2.52. The Bertz CT molecular complexity index is 330. The SMILES string of the molecule is CCC1COC(C)CN1C(=O)[C@@H]1C[C@@H]1C(=O)O. The number of carbonyl (C=O) groups is 2. The van der Waals surface area contributed by atoms with Crippen LogP contribution >= 0.6 is 0 Å². The number of carboxylic acids is 1. The van der Waals surface area contributed by atoms with Crippen molar-refractivity contribution in [2.75, 3.05) is 13.2 Å². The van der Waals surface area contributed by atoms with Gasteiger partial charge in [-0.1, -0.05) is 6.92 Å². The monoisotopic (exact) mass is 241 g/mol. The summed E-state index contributed by atoms with van der Waals surface area (Å²) in [5, 5.41) is 8.85. The van der Waals surface area contributed by atoms with Crippen molar-refractivity contribution in [2.24, 2.45) is 11.8 Å². The molecule has 2 aliphatic rings. The van der Waals surface area contributed by atoms with Crippen molar-refractivity contribution in [3.8, 4) is 0 Å². The molecule has 1 aliphatic heterocycles. The first-order valence-electron chi connectivity index (χ1n) is 6.19. The average molecular weight is 241 g/mol. The Labute approximate surface area is 101 Å². The number of hydrogen-bond acceptors (Lipinski definition) is 3. The fourth-order valence-electron chi connectivity index (χ4n) is 2.41. The Morgan fingerprint density at radius 1 is 1.41 bits per heavy atom. The van der Waals surface area contributed by atoms with Gasteiger partial charge in [0.25, 0.3) is 0 Å². The van der Waals surface area contributed by atoms with Crippen LogP contribution < -0.4 is 0 Å². The molecule has 5 nitrogen and oxygen atoms in total. The summed E-state index contributed by atoms with van der Waals surface area (Å²) < 4.78 is 5.53. The first-order chi connectivity index (χ1) is 8.04. The highest BCUT2D eigenvalue weighted by Gasteiger charge is 2.51. The lowest BCUT2D eigenvalue weighted by Gasteiger charge is -2.38. The van der Waals surface area contributed by atoms with Crippen molar-refractivity contribution in [3.63, 3.8) is 0 Å². The Hall–Kier alpha value is -1.10. The maximum Gasteiger partial charge on any atom is 0.307 e. The largest absolute Gasteiger partial charge is 0.481 e. The lowest BCUT2D eigenvalue weighted by atomic mass is 10.1. The minimum Gasteiger partial charge on any atom is -0.481 e. The van der Waals surface area contributed by atoms with Crippen molar-refractivity contribution >= 4 is 11.9 Å². The second-order valence-corrected chi connectivity index (χ2v) is 4.98. The zero-order valence-electron chi connectivity index (χ0n) is 10.3. The normalized spacial score (nSPS) is 36.7. The molecule has 0 aromatic carbocycles. The number of nitrogens with zero attached hydrogens (tertiary/aromatic N) is 1. The summed E-state index contributed by atoms with van der Waals surface area (Å²) in [5.74, 6) is -1.61. The molecule has 2 unspecified atom stereocenters. The summed E-state index contributed by atoms with van der Waals surface area (Å²) in [6.07, 6.45) is 1.39. The molecule has 0 aromatic heterocycles. The van der Waals surface area contributed by atoms with Gasteiger partial charge in [0, 0.05) is 6.54 Å². The van der Waals surface area contributed by atoms with Crippen molar-refractivity contribution < 1.29 is 19.4 Å². The van der Waals surface area contributed by atoms with Crippen LogP contribution in [0.25, 0.3) is 0 Å². The van der Waals surface area contributed by atoms with Gasteiger partial charge in [0.1, 0.15) is 0 Å². The van der Waals surface area contributed by atoms with E-state index in [1.54, 1.807) is 0 Å². The van der Waals surface area contributed by atoms with Crippen LogP contribution in [-0.4, -0.2) is 47.2 Å². The standard InChI is InChI=1S/C12H19NO4/c1-3-8-6-17-7(2)5-13(8)11(14)9-4-10(9)12(15)16/h7-10H,3-6H2,1-2H3,(H,15,16)/t7?,8?,9-,10+/m1/s1. The summed E-state index contributed by atoms with van der Waals surface area (Å²) in [6, 6.07) is 0.105. The van der Waals surface area contributed by atoms with Crippen molar-refractivity contribution in [2.45, 2.75) is 38.8 Å². The third-order valence-electron chi connectivity index (χ3n) is 3.65. The van der Waals surface area contributed by atoms with Gasteiger partial charge in [0.05, 0.1) is 30.6 Å². The number of carboxylic acid groups (broad SMARTS) is 1. The summed E-state index contributed by atoms with van der Waals surface area (Å²) in [6.45, 7) is 5.10. The molecule has 17 heavy (non-hydrogen) atoms. The van der Waals surface area contributed by atoms with Gasteiger partial charge in [-0.15, -0.1) is 0 Å². The van der Waals surface area contributed by atoms with E-state index in [4.69, 9.17) is 9.84 Å². The zero-order chi connectivity index (χ0) is 12.6. The molecular formula is C12H19NO4. The number of amides is 1. The van der Waals surface area contributed by atoms with Crippen LogP contribution in [0.5, 0.6) is 0 Å². The van der Waals surface area contributed by atoms with E-state index in [9.17, 15) is 9.59 Å². The van der Waals surface area contributed by atoms with E-state index in [2.05, 4.69) is 0 Å². The van der Waals surface area contributed by atoms with Gasteiger partial charge >= 0.3 is 5.97 Å². The molecule has 0 radical (unpaired) electrons. The summed E-state index contributed by atoms with van der Waals surface area (Å²) in [5.41, 5.74) is 0. The van der Waals surface area contributed by atoms with Gasteiger partial charge in [-0.2, -0.15) is 0 Å². The quantitative estimate of drug-likeness (QED) is 0.791. The van der Waals surface area contributed by atoms with Crippen LogP contribution in [0.4, 0.5) is 0 Å². The Morgan fingerprint density at radius 2 is 2.12 bits per heavy atom. The van der Waals surface area contributed by atoms with E-state index in [0.29, 0.717) is 19.6 Å². The van der Waals surface area contributed by atoms with Crippen LogP contribution in [0.15, 0.2) is 0 Å². The second-order valence-electron chi connectivity index (χ2n) is 4.98. The van der Waals surface area contributed by atoms with Crippen molar-refractivity contribution in [1.29, 1.82) is 0 Å². The first kappa shape index (κ1) is 12.4. The smallest absolute Gasteiger partial charge is 0.307 e. The van der Waals surface area contributed by atoms with E-state index < -0.39 is 11.9 Å². The predicted molar refractivity (Wildman–Crippen MR) is 60.4 cm³/mol. The third kappa shape index (κ3) is 2.44. The molecule has 1 aliphatic carbocycles. The molecule has 96 valence electrons. The topological polar surface area (TPSA) is 66.8 Å². The van der Waals surface area contributed by atoms with Crippen molar-refractivity contribution in [3.05, 3.63) is 0 Å². The van der Waals surface area contributed by atoms with Crippen LogP contribution in [-0.2, 0) is 14.3 Å². The Kier molecular flexibility index (Phi) is 3.38. The number of aliphatic carboxylic acids is 1. The fourth-order valence-corrected chi connectivity index (χ4v) is 2.41. The molecule has 0 spiro atoms. The van der Waals surface area contributed by atoms with E-state index in [0.717, 1.165) is 6.42 Å². The summed E-state index contributed by atoms with van der Waals surface area (Å²) in [4.78, 5) is 24.8. The van der Waals surface area contributed by atoms with Gasteiger partial charge in [-0.05, 0) is 19.8 Å². The van der Waals surface area contributed by atoms with Gasteiger partial charge in [-0.3, -0.25) is 9.59 Å². The lowest BCUT2D eigenvalue weighted by molar-refractivity contribution is -0.148. The molecule has 1 N–H and O–H groups in total. The minimum atomic E-state index is -0.849. The summed E-state index contributed by atoms with van der Waals surface area (Å²) >= 11 is 0. The number of ether oxygens (including phenoxy) is 1. The predicted octanol–water partition coefficient (Wildman–Crippen LogP) is 0.733. The highest BCUT2D eigenvalue weighted by atomic mass is 16.5. The molecule has 1 amide bonds. The molecule has 0 aromatic rings. The molecule has 4 atom stereocenters. The molecule has 2 fully saturated rings. The minimum absolute atomic E-state index is 0.000556. The number of morpholine rings is 1. The van der Waals surface area contributed by atoms with Crippen LogP contribution in [0.1, 0.15) is 26.7 Å². The molecule has 1 saturated carbocycles. The average Bonchev–Trinajstić information content (AvgIpc) is 3.08. The second kappa shape index (κ2) is 4.64. The van der Waals surface area contributed by atoms with Crippen LogP contribution in [0, 0.1) is 11.8 Å². The zero-order valence-corrected chi connectivity index (χ0v) is 10.3. The number of rotatable bonds is 3. The van der Waals surface area contributed by atoms with Crippen LogP contribution in [0.2, 0.25) is 0 Å². The Morgan fingerprint density at radius 3 is 2.65 bits per heavy atom. The molecule has 5 heteroatoms. The maximum absolute atomic E-state index is 12.2. The molecule has 1 saturated heterocycles. The maximum atomic E-state index is 12.2. The number of hydrogen-bond donors (Lipinski definition) is 1. The van der Waals surface area contributed by atoms with E-state index in [-0.39, 0.29) is 24.0 Å². The van der Waals surface area contributed by atoms with Gasteiger partial charge in [-0.25, -0.2) is 0 Å². The molecule has 0 bridgehead atoms. The van der Waals surface area contributed by atoms with E-state index in [1.165, 1.54) is 0 Å². The number of carbonyl (C=O) groups excluding carboxylic acids is 1. The first-order valence-corrected chi connectivity index (χ1v) is 6.19. The summed E-state index contributed by atoms with van der Waals surface area (Å²) in [7, 11) is 0. The van der Waals surface area contributed by atoms with Gasteiger partial charge in [0.15, 0.2) is 0 Å². The molecular weight excluding hydrogens is 222 g/mol. The van der Waals surface area contributed by atoms with E-state index >= 15 is 0 Å². The molecule has 2 rings (SSSR count). The van der Waals surface area contributed by atoms with Gasteiger partial charge < -0.3 is 14.7 Å². The molecule has 1 heterocycles. The van der Waals surface area contributed by atoms with E-state index in [1.807, 2.05) is 18.7 Å². The highest BCUT2D eigenvalue weighted by Crippen LogP contribution is 2.41. The Balaban J connectivity index is 1.99. The highest BCUT2D eigenvalue weighted by molar-refractivity contribution is 5.89. The van der Waals surface area contributed by atoms with Gasteiger partial charge in [0.2, 0.25) is 5.91 Å². The fraction of sp³-hybridized carbons (Fsp3) is 0.833. The van der Waals surface area contributed by atoms with Crippen LogP contribution in [0.3, 0.4) is 0 Å². The third-order valence-corrected chi connectivity index (χ3v) is 3.65. The van der Waals surface area contributed by atoms with Crippen molar-refractivity contribution in [1.82, 2.24) is 4.90 Å².